The molecule has 2 atom stereocenters. The number of benzene rings is 1. The second-order valence-electron chi connectivity index (χ2n) is 7.80. The molecule has 1 fully saturated rings. The molecular weight excluding hydrogens is 324 g/mol. The first-order chi connectivity index (χ1) is 12.7. The Kier molecular flexibility index (Phi) is 5.07. The number of hydrogen-bond acceptors (Lipinski definition) is 5. The number of hydrogen-bond donors (Lipinski definition) is 2. The van der Waals surface area contributed by atoms with Gasteiger partial charge in [-0.1, -0.05) is 12.1 Å². The maximum Gasteiger partial charge on any atom is 0.225 e. The lowest BCUT2D eigenvalue weighted by atomic mass is 9.76. The maximum absolute atomic E-state index is 10.2. The third kappa shape index (κ3) is 3.68. The molecule has 2 aromatic rings. The lowest BCUT2D eigenvalue weighted by Crippen LogP contribution is -2.40. The summed E-state index contributed by atoms with van der Waals surface area (Å²) in [5.74, 6) is 2.44. The molecule has 2 heterocycles. The number of nitrogens with zero attached hydrogens (tertiary/aromatic N) is 3. The van der Waals surface area contributed by atoms with Crippen LogP contribution >= 0.6 is 0 Å². The van der Waals surface area contributed by atoms with Crippen LogP contribution in [0.25, 0.3) is 0 Å². The normalized spacial score (nSPS) is 22.0. The minimum atomic E-state index is 0.215. The molecule has 1 aliphatic heterocycles. The molecule has 1 aliphatic carbocycles. The molecular formula is C21H28N4O. The number of phenolic OH excluding ortho intramolecular Hbond substituents is 1. The van der Waals surface area contributed by atoms with Crippen molar-refractivity contribution in [1.82, 2.24) is 9.97 Å². The van der Waals surface area contributed by atoms with Crippen LogP contribution < -0.4 is 10.6 Å². The summed E-state index contributed by atoms with van der Waals surface area (Å²) in [6.45, 7) is 2.02. The number of fused-ring (bicyclic) bond motifs is 1. The van der Waals surface area contributed by atoms with Crippen LogP contribution in [0.5, 0.6) is 5.75 Å². The van der Waals surface area contributed by atoms with Crippen molar-refractivity contribution < 1.29 is 5.11 Å². The zero-order valence-electron chi connectivity index (χ0n) is 15.2. The number of nitrogens with two attached hydrogens (primary N) is 1. The third-order valence-electron chi connectivity index (χ3n) is 6.16. The molecule has 3 N–H and O–H groups in total. The Balaban J connectivity index is 1.31. The smallest absolute Gasteiger partial charge is 0.225 e. The number of piperidine rings is 1. The van der Waals surface area contributed by atoms with Gasteiger partial charge in [-0.15, -0.1) is 0 Å². The Morgan fingerprint density at radius 2 is 1.88 bits per heavy atom. The van der Waals surface area contributed by atoms with Crippen LogP contribution in [-0.4, -0.2) is 34.2 Å². The Morgan fingerprint density at radius 3 is 2.65 bits per heavy atom. The van der Waals surface area contributed by atoms with Crippen molar-refractivity contribution in [2.75, 3.05) is 18.0 Å². The fourth-order valence-electron chi connectivity index (χ4n) is 4.56. The van der Waals surface area contributed by atoms with Gasteiger partial charge < -0.3 is 15.7 Å². The van der Waals surface area contributed by atoms with Crippen LogP contribution in [0.4, 0.5) is 5.95 Å². The van der Waals surface area contributed by atoms with Crippen molar-refractivity contribution >= 4 is 5.95 Å². The summed E-state index contributed by atoms with van der Waals surface area (Å²) in [7, 11) is 0. The van der Waals surface area contributed by atoms with Crippen LogP contribution in [0.15, 0.2) is 36.7 Å². The highest BCUT2D eigenvalue weighted by molar-refractivity contribution is 5.41. The van der Waals surface area contributed by atoms with Gasteiger partial charge in [0.15, 0.2) is 0 Å². The number of aromatic nitrogens is 2. The highest BCUT2D eigenvalue weighted by Gasteiger charge is 2.29. The van der Waals surface area contributed by atoms with Gasteiger partial charge >= 0.3 is 0 Å². The fourth-order valence-corrected chi connectivity index (χ4v) is 4.56. The lowest BCUT2D eigenvalue weighted by molar-refractivity contribution is 0.282. The quantitative estimate of drug-likeness (QED) is 0.885. The molecule has 138 valence electrons. The van der Waals surface area contributed by atoms with Gasteiger partial charge in [0.2, 0.25) is 5.95 Å². The summed E-state index contributed by atoms with van der Waals surface area (Å²) in [4.78, 5) is 11.0. The van der Waals surface area contributed by atoms with E-state index in [-0.39, 0.29) is 6.04 Å². The number of aryl methyl sites for hydroxylation is 1. The van der Waals surface area contributed by atoms with E-state index in [1.807, 2.05) is 12.1 Å². The first kappa shape index (κ1) is 17.3. The van der Waals surface area contributed by atoms with E-state index in [0.29, 0.717) is 17.6 Å². The molecule has 1 saturated heterocycles. The van der Waals surface area contributed by atoms with Crippen molar-refractivity contribution in [1.29, 1.82) is 0 Å². The second kappa shape index (κ2) is 7.62. The van der Waals surface area contributed by atoms with Gasteiger partial charge in [-0.3, -0.25) is 0 Å². The Bertz CT molecular complexity index is 728. The standard InChI is InChI=1S/C21H28N4O/c22-19(17-6-5-16-3-1-4-20(26)18(16)14-17)13-15-7-11-25(12-8-15)21-23-9-2-10-24-21/h1-4,9-10,15,17,19,26H,5-8,11-14,22H2. The zero-order valence-corrected chi connectivity index (χ0v) is 15.2. The molecule has 1 aromatic carbocycles. The van der Waals surface area contributed by atoms with E-state index in [2.05, 4.69) is 20.9 Å². The molecule has 4 rings (SSSR count). The van der Waals surface area contributed by atoms with Crippen LogP contribution in [-0.2, 0) is 12.8 Å². The summed E-state index contributed by atoms with van der Waals surface area (Å²) in [6.07, 6.45) is 10.1. The van der Waals surface area contributed by atoms with Crippen LogP contribution in [0.3, 0.4) is 0 Å². The Hall–Kier alpha value is -2.14. The van der Waals surface area contributed by atoms with Gasteiger partial charge in [-0.25, -0.2) is 9.97 Å². The van der Waals surface area contributed by atoms with Crippen molar-refractivity contribution in [3.05, 3.63) is 47.8 Å². The van der Waals surface area contributed by atoms with E-state index in [1.165, 1.54) is 5.56 Å². The molecule has 0 radical (unpaired) electrons. The van der Waals surface area contributed by atoms with Gasteiger partial charge in [0.05, 0.1) is 0 Å². The van der Waals surface area contributed by atoms with E-state index < -0.39 is 0 Å². The minimum absolute atomic E-state index is 0.215. The molecule has 5 nitrogen and oxygen atoms in total. The van der Waals surface area contributed by atoms with Gasteiger partial charge in [0.25, 0.3) is 0 Å². The molecule has 0 saturated carbocycles. The maximum atomic E-state index is 10.2. The molecule has 2 unspecified atom stereocenters. The Morgan fingerprint density at radius 1 is 1.12 bits per heavy atom. The number of phenols is 1. The molecule has 0 amide bonds. The van der Waals surface area contributed by atoms with Crippen LogP contribution in [0.2, 0.25) is 0 Å². The number of anilines is 1. The zero-order chi connectivity index (χ0) is 17.9. The van der Waals surface area contributed by atoms with Crippen molar-refractivity contribution in [3.8, 4) is 5.75 Å². The summed E-state index contributed by atoms with van der Waals surface area (Å²) in [5.41, 5.74) is 9.03. The van der Waals surface area contributed by atoms with Gasteiger partial charge in [-0.2, -0.15) is 0 Å². The highest BCUT2D eigenvalue weighted by atomic mass is 16.3. The van der Waals surface area contributed by atoms with E-state index in [4.69, 9.17) is 5.73 Å². The number of aromatic hydroxyl groups is 1. The first-order valence-corrected chi connectivity index (χ1v) is 9.78. The summed E-state index contributed by atoms with van der Waals surface area (Å²) in [5, 5.41) is 10.2. The average molecular weight is 352 g/mol. The number of rotatable bonds is 4. The second-order valence-corrected chi connectivity index (χ2v) is 7.80. The van der Waals surface area contributed by atoms with E-state index in [0.717, 1.165) is 63.1 Å². The molecule has 0 spiro atoms. The third-order valence-corrected chi connectivity index (χ3v) is 6.16. The fraction of sp³-hybridized carbons (Fsp3) is 0.524. The minimum Gasteiger partial charge on any atom is -0.508 e. The predicted octanol–water partition coefficient (Wildman–Crippen LogP) is 2.92. The monoisotopic (exact) mass is 352 g/mol. The van der Waals surface area contributed by atoms with E-state index in [1.54, 1.807) is 18.5 Å². The lowest BCUT2D eigenvalue weighted by Gasteiger charge is -2.35. The summed E-state index contributed by atoms with van der Waals surface area (Å²) < 4.78 is 0. The predicted molar refractivity (Wildman–Crippen MR) is 103 cm³/mol. The largest absolute Gasteiger partial charge is 0.508 e. The van der Waals surface area contributed by atoms with Crippen LogP contribution in [0.1, 0.15) is 36.8 Å². The summed E-state index contributed by atoms with van der Waals surface area (Å²) >= 11 is 0. The molecule has 2 aliphatic rings. The Labute approximate surface area is 155 Å². The highest BCUT2D eigenvalue weighted by Crippen LogP contribution is 2.35. The van der Waals surface area contributed by atoms with Gasteiger partial charge in [0, 0.05) is 31.5 Å². The van der Waals surface area contributed by atoms with Crippen molar-refractivity contribution in [2.24, 2.45) is 17.6 Å². The molecule has 5 heteroatoms. The first-order valence-electron chi connectivity index (χ1n) is 9.78. The topological polar surface area (TPSA) is 75.3 Å². The van der Waals surface area contributed by atoms with Crippen LogP contribution in [0, 0.1) is 11.8 Å². The van der Waals surface area contributed by atoms with Gasteiger partial charge in [0.1, 0.15) is 5.75 Å². The SMILES string of the molecule is NC(CC1CCN(c2ncccn2)CC1)C1CCc2cccc(O)c2C1. The van der Waals surface area contributed by atoms with Crippen molar-refractivity contribution in [2.45, 2.75) is 44.6 Å². The van der Waals surface area contributed by atoms with E-state index in [9.17, 15) is 5.11 Å². The molecule has 0 bridgehead atoms. The average Bonchev–Trinajstić information content (AvgIpc) is 2.69. The van der Waals surface area contributed by atoms with E-state index >= 15 is 0 Å². The molecule has 1 aromatic heterocycles. The van der Waals surface area contributed by atoms with Crippen molar-refractivity contribution in [3.63, 3.8) is 0 Å². The molecule has 26 heavy (non-hydrogen) atoms. The van der Waals surface area contributed by atoms with Gasteiger partial charge in [-0.05, 0) is 73.6 Å². The summed E-state index contributed by atoms with van der Waals surface area (Å²) in [6, 6.07) is 7.95.